The number of hydrogen-bond donors (Lipinski definition) is 0. The molecule has 0 spiro atoms. The van der Waals surface area contributed by atoms with Gasteiger partial charge in [-0.1, -0.05) is 0 Å². The maximum absolute atomic E-state index is 13.0. The molecule has 1 heterocycles. The van der Waals surface area contributed by atoms with Crippen molar-refractivity contribution < 1.29 is 12.8 Å². The lowest BCUT2D eigenvalue weighted by molar-refractivity contribution is 0.367. The van der Waals surface area contributed by atoms with Crippen LogP contribution in [0.5, 0.6) is 0 Å². The van der Waals surface area contributed by atoms with Gasteiger partial charge in [0.2, 0.25) is 0 Å². The Hall–Kier alpha value is -1.47. The average molecular weight is 318 g/mol. The second-order valence-electron chi connectivity index (χ2n) is 5.26. The summed E-state index contributed by atoms with van der Waals surface area (Å²) in [6.45, 7) is 5.40. The molecule has 0 saturated carbocycles. The van der Waals surface area contributed by atoms with E-state index in [1.165, 1.54) is 28.8 Å². The summed E-state index contributed by atoms with van der Waals surface area (Å²) in [6, 6.07) is 5.55. The zero-order chi connectivity index (χ0) is 15.1. The molecule has 0 N–H and O–H groups in total. The van der Waals surface area contributed by atoms with E-state index in [4.69, 9.17) is 10.7 Å². The largest absolute Gasteiger partial charge is 0.296 e. The minimum Gasteiger partial charge on any atom is -0.291 e. The number of rotatable bonds is 2. The van der Waals surface area contributed by atoms with Crippen molar-refractivity contribution in [3.63, 3.8) is 0 Å². The Bertz CT molecular complexity index is 733. The Morgan fingerprint density at radius 1 is 1.15 bits per heavy atom. The summed E-state index contributed by atoms with van der Waals surface area (Å²) in [5.41, 5.74) is -0.0507. The normalized spacial score (nSPS) is 12.7. The molecule has 5 nitrogen and oxygen atoms in total. The maximum atomic E-state index is 13.0. The third kappa shape index (κ3) is 2.83. The number of hydrogen-bond acceptors (Lipinski definition) is 4. The molecular weight excluding hydrogens is 305 g/mol. The Kier molecular flexibility index (Phi) is 3.60. The molecule has 0 aliphatic rings. The van der Waals surface area contributed by atoms with Crippen LogP contribution in [-0.4, -0.2) is 23.2 Å². The summed E-state index contributed by atoms with van der Waals surface area (Å²) in [6.07, 6.45) is 0. The van der Waals surface area contributed by atoms with Crippen molar-refractivity contribution in [2.24, 2.45) is 0 Å². The van der Waals surface area contributed by atoms with Gasteiger partial charge in [0.05, 0.1) is 0 Å². The molecule has 0 fully saturated rings. The highest BCUT2D eigenvalue weighted by molar-refractivity contribution is 8.13. The molecule has 0 aliphatic heterocycles. The zero-order valence-electron chi connectivity index (χ0n) is 11.1. The summed E-state index contributed by atoms with van der Waals surface area (Å²) >= 11 is 0. The molecule has 0 aliphatic carbocycles. The minimum atomic E-state index is -4.02. The molecule has 0 amide bonds. The van der Waals surface area contributed by atoms with Crippen LogP contribution in [0.4, 0.5) is 4.39 Å². The first-order valence-corrected chi connectivity index (χ1v) is 8.08. The van der Waals surface area contributed by atoms with Crippen molar-refractivity contribution >= 4 is 19.7 Å². The van der Waals surface area contributed by atoms with Gasteiger partial charge in [0.25, 0.3) is 14.2 Å². The molecular formula is C12H13ClFN3O2S. The quantitative estimate of drug-likeness (QED) is 0.799. The van der Waals surface area contributed by atoms with E-state index >= 15 is 0 Å². The lowest BCUT2D eigenvalue weighted by atomic mass is 10.1. The van der Waals surface area contributed by atoms with Crippen molar-refractivity contribution in [3.8, 4) is 11.4 Å². The van der Waals surface area contributed by atoms with Crippen molar-refractivity contribution in [3.05, 3.63) is 30.1 Å². The maximum Gasteiger partial charge on any atom is 0.296 e. The minimum absolute atomic E-state index is 0.316. The fourth-order valence-electron chi connectivity index (χ4n) is 1.82. The van der Waals surface area contributed by atoms with Gasteiger partial charge in [-0.05, 0) is 45.0 Å². The van der Waals surface area contributed by atoms with E-state index in [9.17, 15) is 12.8 Å². The molecule has 108 valence electrons. The van der Waals surface area contributed by atoms with Gasteiger partial charge < -0.3 is 0 Å². The van der Waals surface area contributed by atoms with Gasteiger partial charge in [-0.15, -0.1) is 10.2 Å². The van der Waals surface area contributed by atoms with Gasteiger partial charge in [-0.25, -0.2) is 12.8 Å². The van der Waals surface area contributed by atoms with Gasteiger partial charge in [0.15, 0.2) is 5.82 Å². The first kappa shape index (κ1) is 14.9. The van der Waals surface area contributed by atoms with Crippen LogP contribution in [0, 0.1) is 5.82 Å². The van der Waals surface area contributed by atoms with Crippen LogP contribution < -0.4 is 0 Å². The van der Waals surface area contributed by atoms with Gasteiger partial charge in [0, 0.05) is 21.8 Å². The average Bonchev–Trinajstić information content (AvgIpc) is 2.73. The van der Waals surface area contributed by atoms with Crippen LogP contribution in [0.15, 0.2) is 29.4 Å². The third-order valence-corrected chi connectivity index (χ3v) is 3.74. The molecule has 0 saturated heterocycles. The molecule has 0 radical (unpaired) electrons. The van der Waals surface area contributed by atoms with E-state index in [0.717, 1.165) is 0 Å². The van der Waals surface area contributed by atoms with Crippen molar-refractivity contribution in [2.45, 2.75) is 31.5 Å². The molecule has 2 aromatic rings. The molecule has 0 unspecified atom stereocenters. The SMILES string of the molecule is CC(C)(C)n1c(-c2ccc(F)cc2)nnc1S(=O)(=O)Cl. The lowest BCUT2D eigenvalue weighted by Gasteiger charge is -2.24. The molecule has 8 heteroatoms. The Labute approximate surface area is 120 Å². The predicted octanol–water partition coefficient (Wildman–Crippen LogP) is 2.77. The first-order valence-electron chi connectivity index (χ1n) is 5.77. The van der Waals surface area contributed by atoms with E-state index in [1.807, 2.05) is 0 Å². The molecule has 1 aromatic heterocycles. The van der Waals surface area contributed by atoms with E-state index in [-0.39, 0.29) is 11.0 Å². The van der Waals surface area contributed by atoms with Crippen LogP contribution in [0.1, 0.15) is 20.8 Å². The Balaban J connectivity index is 2.72. The number of benzene rings is 1. The van der Waals surface area contributed by atoms with Crippen molar-refractivity contribution in [1.29, 1.82) is 0 Å². The zero-order valence-corrected chi connectivity index (χ0v) is 12.7. The van der Waals surface area contributed by atoms with Crippen LogP contribution in [0.25, 0.3) is 11.4 Å². The van der Waals surface area contributed by atoms with Crippen LogP contribution >= 0.6 is 10.7 Å². The number of nitrogens with zero attached hydrogens (tertiary/aromatic N) is 3. The Morgan fingerprint density at radius 2 is 1.70 bits per heavy atom. The predicted molar refractivity (Wildman–Crippen MR) is 73.5 cm³/mol. The topological polar surface area (TPSA) is 64.8 Å². The molecule has 2 rings (SSSR count). The Morgan fingerprint density at radius 3 is 2.15 bits per heavy atom. The second-order valence-corrected chi connectivity index (χ2v) is 7.72. The molecule has 1 aromatic carbocycles. The fraction of sp³-hybridized carbons (Fsp3) is 0.333. The molecule has 0 atom stereocenters. The molecule has 20 heavy (non-hydrogen) atoms. The summed E-state index contributed by atoms with van der Waals surface area (Å²) in [7, 11) is 1.36. The van der Waals surface area contributed by atoms with E-state index in [0.29, 0.717) is 11.4 Å². The summed E-state index contributed by atoms with van der Waals surface area (Å²) in [5, 5.41) is 7.20. The standard InChI is InChI=1S/C12H13ClFN3O2S/c1-12(2,3)17-10(8-4-6-9(14)7-5-8)15-16-11(17)20(13,18)19/h4-7H,1-3H3. The van der Waals surface area contributed by atoms with Crippen LogP contribution in [0.3, 0.4) is 0 Å². The van der Waals surface area contributed by atoms with Crippen LogP contribution in [0.2, 0.25) is 0 Å². The highest BCUT2D eigenvalue weighted by Gasteiger charge is 2.30. The van der Waals surface area contributed by atoms with Gasteiger partial charge >= 0.3 is 0 Å². The smallest absolute Gasteiger partial charge is 0.291 e. The number of halogens is 2. The summed E-state index contributed by atoms with van der Waals surface area (Å²) in [4.78, 5) is 0. The first-order chi connectivity index (χ1) is 9.10. The second kappa shape index (κ2) is 4.82. The van der Waals surface area contributed by atoms with E-state index in [2.05, 4.69) is 10.2 Å². The monoisotopic (exact) mass is 317 g/mol. The van der Waals surface area contributed by atoms with Gasteiger partial charge in [0.1, 0.15) is 5.82 Å². The summed E-state index contributed by atoms with van der Waals surface area (Å²) < 4.78 is 37.6. The fourth-order valence-corrected chi connectivity index (χ4v) is 2.83. The third-order valence-electron chi connectivity index (χ3n) is 2.62. The van der Waals surface area contributed by atoms with Crippen molar-refractivity contribution in [1.82, 2.24) is 14.8 Å². The van der Waals surface area contributed by atoms with Gasteiger partial charge in [-0.3, -0.25) is 4.57 Å². The van der Waals surface area contributed by atoms with Crippen LogP contribution in [-0.2, 0) is 14.6 Å². The van der Waals surface area contributed by atoms with E-state index < -0.39 is 14.6 Å². The molecule has 0 bridgehead atoms. The lowest BCUT2D eigenvalue weighted by Crippen LogP contribution is -2.25. The highest BCUT2D eigenvalue weighted by Crippen LogP contribution is 2.29. The summed E-state index contributed by atoms with van der Waals surface area (Å²) in [5.74, 6) is -0.0718. The number of aromatic nitrogens is 3. The van der Waals surface area contributed by atoms with Crippen molar-refractivity contribution in [2.75, 3.05) is 0 Å². The van der Waals surface area contributed by atoms with E-state index in [1.54, 1.807) is 20.8 Å². The highest BCUT2D eigenvalue weighted by atomic mass is 35.7. The van der Waals surface area contributed by atoms with Gasteiger partial charge in [-0.2, -0.15) is 0 Å².